The summed E-state index contributed by atoms with van der Waals surface area (Å²) in [5.74, 6) is 4.28. The van der Waals surface area contributed by atoms with Gasteiger partial charge in [0.1, 0.15) is 21.4 Å². The van der Waals surface area contributed by atoms with E-state index in [4.69, 9.17) is 21.1 Å². The van der Waals surface area contributed by atoms with Gasteiger partial charge in [0.2, 0.25) is 0 Å². The lowest BCUT2D eigenvalue weighted by Gasteiger charge is -2.56. The lowest BCUT2D eigenvalue weighted by atomic mass is 9.54. The molecule has 1 saturated heterocycles. The number of thiocarbonyl (C=S) groups is 1. The number of fused-ring (bicyclic) bond motifs is 1. The maximum atomic E-state index is 13.5. The molecule has 5 nitrogen and oxygen atoms in total. The molecule has 4 bridgehead atoms. The van der Waals surface area contributed by atoms with Crippen molar-refractivity contribution in [3.63, 3.8) is 0 Å². The Hall–Kier alpha value is -2.64. The van der Waals surface area contributed by atoms with E-state index in [0.717, 1.165) is 28.3 Å². The molecule has 3 aromatic rings. The first-order chi connectivity index (χ1) is 16.9. The molecule has 0 unspecified atom stereocenters. The molecule has 4 saturated carbocycles. The topological polar surface area (TPSA) is 63.7 Å². The molecule has 0 N–H and O–H groups in total. The average Bonchev–Trinajstić information content (AvgIpc) is 3.38. The van der Waals surface area contributed by atoms with Gasteiger partial charge in [0.15, 0.2) is 0 Å². The van der Waals surface area contributed by atoms with Crippen LogP contribution in [0.2, 0.25) is 0 Å². The van der Waals surface area contributed by atoms with Crippen molar-refractivity contribution in [2.24, 2.45) is 23.7 Å². The van der Waals surface area contributed by atoms with Gasteiger partial charge in [-0.15, -0.1) is 0 Å². The molecule has 0 spiro atoms. The van der Waals surface area contributed by atoms with Gasteiger partial charge in [0.05, 0.1) is 4.91 Å². The number of carbonyl (C=O) groups excluding carboxylic acids is 1. The van der Waals surface area contributed by atoms with Crippen LogP contribution in [0.4, 0.5) is 0 Å². The van der Waals surface area contributed by atoms with Crippen LogP contribution in [-0.4, -0.2) is 21.2 Å². The summed E-state index contributed by atoms with van der Waals surface area (Å²) in [6.45, 7) is 1.89. The molecule has 1 aliphatic heterocycles. The summed E-state index contributed by atoms with van der Waals surface area (Å²) in [7, 11) is 0. The minimum Gasteiger partial charge on any atom is -0.457 e. The third-order valence-electron chi connectivity index (χ3n) is 8.43. The van der Waals surface area contributed by atoms with E-state index in [1.54, 1.807) is 6.07 Å². The number of rotatable bonds is 3. The van der Waals surface area contributed by atoms with E-state index in [-0.39, 0.29) is 17.6 Å². The van der Waals surface area contributed by atoms with Crippen molar-refractivity contribution < 1.29 is 13.6 Å². The van der Waals surface area contributed by atoms with E-state index in [2.05, 4.69) is 0 Å². The van der Waals surface area contributed by atoms with Crippen LogP contribution >= 0.6 is 24.0 Å². The molecule has 5 fully saturated rings. The molecule has 8 rings (SSSR count). The Bertz CT molecular complexity index is 1450. The number of amides is 1. The molecule has 7 heteroatoms. The van der Waals surface area contributed by atoms with E-state index >= 15 is 0 Å². The smallest absolute Gasteiger partial charge is 0.336 e. The normalized spacial score (nSPS) is 30.8. The number of furan rings is 1. The van der Waals surface area contributed by atoms with Gasteiger partial charge in [0, 0.05) is 29.1 Å². The van der Waals surface area contributed by atoms with Crippen LogP contribution in [0, 0.1) is 30.6 Å². The molecule has 3 heterocycles. The van der Waals surface area contributed by atoms with E-state index in [1.807, 2.05) is 42.2 Å². The Morgan fingerprint density at radius 3 is 2.46 bits per heavy atom. The molecule has 1 amide bonds. The van der Waals surface area contributed by atoms with Gasteiger partial charge in [-0.3, -0.25) is 9.69 Å². The summed E-state index contributed by atoms with van der Waals surface area (Å²) in [6.07, 6.45) is 8.23. The van der Waals surface area contributed by atoms with Gasteiger partial charge < -0.3 is 8.83 Å². The van der Waals surface area contributed by atoms with Gasteiger partial charge in [-0.2, -0.15) is 0 Å². The maximum absolute atomic E-state index is 13.5. The number of carbonyl (C=O) groups is 1. The number of aryl methyl sites for hydroxylation is 1. The average molecular weight is 504 g/mol. The summed E-state index contributed by atoms with van der Waals surface area (Å²) in [5, 5.41) is 0.872. The van der Waals surface area contributed by atoms with Crippen LogP contribution in [0.1, 0.15) is 43.4 Å². The van der Waals surface area contributed by atoms with Crippen LogP contribution in [0.5, 0.6) is 0 Å². The second-order valence-corrected chi connectivity index (χ2v) is 12.3. The van der Waals surface area contributed by atoms with Crippen LogP contribution in [0.3, 0.4) is 0 Å². The zero-order valence-corrected chi connectivity index (χ0v) is 21.0. The Balaban J connectivity index is 1.16. The zero-order chi connectivity index (χ0) is 23.8. The fourth-order valence-corrected chi connectivity index (χ4v) is 8.57. The van der Waals surface area contributed by atoms with Gasteiger partial charge in [0.25, 0.3) is 5.91 Å². The second kappa shape index (κ2) is 7.93. The fraction of sp³-hybridized carbons (Fsp3) is 0.393. The van der Waals surface area contributed by atoms with Crippen LogP contribution in [-0.2, 0) is 4.79 Å². The highest BCUT2D eigenvalue weighted by atomic mass is 32.2. The quantitative estimate of drug-likeness (QED) is 0.235. The van der Waals surface area contributed by atoms with Crippen LogP contribution < -0.4 is 5.63 Å². The van der Waals surface area contributed by atoms with Gasteiger partial charge in [-0.25, -0.2) is 4.79 Å². The number of nitrogens with zero attached hydrogens (tertiary/aromatic N) is 1. The molecule has 4 aliphatic carbocycles. The van der Waals surface area contributed by atoms with Crippen molar-refractivity contribution in [3.8, 4) is 11.3 Å². The predicted octanol–water partition coefficient (Wildman–Crippen LogP) is 6.39. The Morgan fingerprint density at radius 1 is 0.971 bits per heavy atom. The van der Waals surface area contributed by atoms with Gasteiger partial charge in [-0.05, 0) is 98.6 Å². The van der Waals surface area contributed by atoms with Crippen molar-refractivity contribution in [2.45, 2.75) is 45.1 Å². The van der Waals surface area contributed by atoms with Crippen LogP contribution in [0.25, 0.3) is 28.4 Å². The summed E-state index contributed by atoms with van der Waals surface area (Å²) in [6, 6.07) is 11.2. The molecule has 5 aliphatic rings. The third-order valence-corrected chi connectivity index (χ3v) is 9.76. The van der Waals surface area contributed by atoms with E-state index in [9.17, 15) is 9.59 Å². The Morgan fingerprint density at radius 2 is 1.71 bits per heavy atom. The monoisotopic (exact) mass is 503 g/mol. The molecule has 35 heavy (non-hydrogen) atoms. The first kappa shape index (κ1) is 21.6. The zero-order valence-electron chi connectivity index (χ0n) is 19.4. The first-order valence-corrected chi connectivity index (χ1v) is 13.6. The molecule has 2 aromatic heterocycles. The lowest BCUT2D eigenvalue weighted by Crippen LogP contribution is -2.57. The molecule has 0 radical (unpaired) electrons. The van der Waals surface area contributed by atoms with Gasteiger partial charge in [-0.1, -0.05) is 24.0 Å². The second-order valence-electron chi connectivity index (χ2n) is 10.6. The van der Waals surface area contributed by atoms with Gasteiger partial charge >= 0.3 is 5.63 Å². The minimum absolute atomic E-state index is 0.0341. The molecule has 0 atom stereocenters. The van der Waals surface area contributed by atoms with Crippen LogP contribution in [0.15, 0.2) is 54.9 Å². The number of thioether (sulfide) groups is 1. The van der Waals surface area contributed by atoms with Crippen molar-refractivity contribution in [2.75, 3.05) is 0 Å². The Labute approximate surface area is 212 Å². The predicted molar refractivity (Wildman–Crippen MR) is 141 cm³/mol. The largest absolute Gasteiger partial charge is 0.457 e. The number of hydrogen-bond donors (Lipinski definition) is 0. The number of benzene rings is 1. The van der Waals surface area contributed by atoms with E-state index in [0.29, 0.717) is 38.2 Å². The highest BCUT2D eigenvalue weighted by molar-refractivity contribution is 8.26. The summed E-state index contributed by atoms with van der Waals surface area (Å²) < 4.78 is 12.1. The molecule has 1 aromatic carbocycles. The van der Waals surface area contributed by atoms with Crippen molar-refractivity contribution in [1.29, 1.82) is 0 Å². The maximum Gasteiger partial charge on any atom is 0.336 e. The Kier molecular flexibility index (Phi) is 4.90. The SMILES string of the molecule is Cc1cc(=O)oc2ccc(-c3ccc(/C=C4\SC(=S)N(C5C6CC7CC(C6)CC5C7)C4=O)o3)cc12. The lowest BCUT2D eigenvalue weighted by molar-refractivity contribution is -0.130. The summed E-state index contributed by atoms with van der Waals surface area (Å²) in [5.41, 5.74) is 1.95. The summed E-state index contributed by atoms with van der Waals surface area (Å²) in [4.78, 5) is 27.7. The van der Waals surface area contributed by atoms with E-state index in [1.165, 1.54) is 49.9 Å². The summed E-state index contributed by atoms with van der Waals surface area (Å²) >= 11 is 7.12. The highest BCUT2D eigenvalue weighted by Gasteiger charge is 2.53. The fourth-order valence-electron chi connectivity index (χ4n) is 7.24. The third kappa shape index (κ3) is 3.54. The van der Waals surface area contributed by atoms with Crippen molar-refractivity contribution >= 4 is 51.3 Å². The van der Waals surface area contributed by atoms with Crippen molar-refractivity contribution in [1.82, 2.24) is 4.90 Å². The molecular weight excluding hydrogens is 478 g/mol. The molecule has 178 valence electrons. The number of hydrogen-bond acceptors (Lipinski definition) is 6. The van der Waals surface area contributed by atoms with E-state index < -0.39 is 0 Å². The first-order valence-electron chi connectivity index (χ1n) is 12.3. The van der Waals surface area contributed by atoms with Crippen molar-refractivity contribution in [3.05, 3.63) is 63.0 Å². The minimum atomic E-state index is -0.353. The highest BCUT2D eigenvalue weighted by Crippen LogP contribution is 2.56. The standard InChI is InChI=1S/C28H25NO4S2/c1-14-6-25(30)33-23-4-2-17(12-21(14)23)22-5-3-20(32-22)13-24-27(31)29(28(34)35-24)26-18-8-15-7-16(10-18)11-19(26)9-15/h2-6,12-13,15-16,18-19,26H,7-11H2,1H3/b24-13-. The molecular formula is C28H25NO4S2.